The lowest BCUT2D eigenvalue weighted by atomic mass is 10.2. The Hall–Kier alpha value is -1.80. The molecule has 0 aliphatic carbocycles. The Kier molecular flexibility index (Phi) is 6.66. The zero-order chi connectivity index (χ0) is 18.4. The van der Waals surface area contributed by atoms with Gasteiger partial charge in [-0.1, -0.05) is 12.1 Å². The molecule has 1 aliphatic heterocycles. The van der Waals surface area contributed by atoms with Gasteiger partial charge in [-0.2, -0.15) is 0 Å². The number of para-hydroxylation sites is 2. The van der Waals surface area contributed by atoms with Crippen LogP contribution in [0.25, 0.3) is 0 Å². The number of hydrogen-bond acceptors (Lipinski definition) is 5. The topological polar surface area (TPSA) is 70.2 Å². The molecule has 0 spiro atoms. The number of nitrogens with zero attached hydrogens (tertiary/aromatic N) is 3. The molecule has 0 N–H and O–H groups in total. The van der Waals surface area contributed by atoms with Crippen molar-refractivity contribution in [2.45, 2.75) is 13.3 Å². The van der Waals surface area contributed by atoms with E-state index in [1.54, 1.807) is 29.2 Å². The van der Waals surface area contributed by atoms with Gasteiger partial charge in [-0.05, 0) is 26.1 Å². The van der Waals surface area contributed by atoms with Crippen LogP contribution in [0.1, 0.15) is 13.3 Å². The summed E-state index contributed by atoms with van der Waals surface area (Å²) < 4.78 is 31.3. The molecule has 1 saturated heterocycles. The highest BCUT2D eigenvalue weighted by molar-refractivity contribution is 7.92. The summed E-state index contributed by atoms with van der Waals surface area (Å²) in [6, 6.07) is 6.99. The number of amides is 1. The molecule has 1 aliphatic rings. The number of carbonyl (C=O) groups excluding carboxylic acids is 1. The van der Waals surface area contributed by atoms with Crippen molar-refractivity contribution in [1.82, 2.24) is 9.80 Å². The summed E-state index contributed by atoms with van der Waals surface area (Å²) in [5.41, 5.74) is 0.470. The van der Waals surface area contributed by atoms with Gasteiger partial charge in [0.25, 0.3) is 0 Å². The van der Waals surface area contributed by atoms with Crippen molar-refractivity contribution in [3.8, 4) is 5.75 Å². The monoisotopic (exact) mass is 369 g/mol. The van der Waals surface area contributed by atoms with Crippen molar-refractivity contribution in [2.24, 2.45) is 0 Å². The van der Waals surface area contributed by atoms with Gasteiger partial charge in [0.2, 0.25) is 15.9 Å². The summed E-state index contributed by atoms with van der Waals surface area (Å²) >= 11 is 0. The van der Waals surface area contributed by atoms with Crippen molar-refractivity contribution in [2.75, 3.05) is 56.9 Å². The summed E-state index contributed by atoms with van der Waals surface area (Å²) in [6.45, 7) is 5.44. The van der Waals surface area contributed by atoms with Gasteiger partial charge in [0.05, 0.1) is 18.6 Å². The third-order valence-corrected chi connectivity index (χ3v) is 5.40. The Morgan fingerprint density at radius 2 is 1.84 bits per heavy atom. The van der Waals surface area contributed by atoms with Gasteiger partial charge < -0.3 is 14.5 Å². The van der Waals surface area contributed by atoms with Crippen molar-refractivity contribution < 1.29 is 17.9 Å². The number of anilines is 1. The molecule has 25 heavy (non-hydrogen) atoms. The summed E-state index contributed by atoms with van der Waals surface area (Å²) in [7, 11) is -1.49. The summed E-state index contributed by atoms with van der Waals surface area (Å²) in [5.74, 6) is 0.484. The largest absolute Gasteiger partial charge is 0.492 e. The van der Waals surface area contributed by atoms with E-state index in [0.29, 0.717) is 31.1 Å². The maximum Gasteiger partial charge on any atom is 0.232 e. The average Bonchev–Trinajstić information content (AvgIpc) is 2.56. The molecule has 140 valence electrons. The molecular formula is C17H27N3O4S. The average molecular weight is 369 g/mol. The Morgan fingerprint density at radius 1 is 1.20 bits per heavy atom. The highest BCUT2D eigenvalue weighted by Gasteiger charge is 2.24. The first-order valence-corrected chi connectivity index (χ1v) is 10.3. The standard InChI is InChI=1S/C17H27N3O4S/c1-4-24-16-8-6-5-7-15(16)20(25(3,22)23)10-9-17(21)19-13-11-18(2)12-14-19/h5-8H,4,9-14H2,1-3H3. The number of benzene rings is 1. The molecule has 0 atom stereocenters. The molecule has 0 saturated carbocycles. The third kappa shape index (κ3) is 5.34. The lowest BCUT2D eigenvalue weighted by molar-refractivity contribution is -0.132. The SMILES string of the molecule is CCOc1ccccc1N(CCC(=O)N1CCN(C)CC1)S(C)(=O)=O. The first kappa shape index (κ1) is 19.5. The van der Waals surface area contributed by atoms with E-state index >= 15 is 0 Å². The zero-order valence-corrected chi connectivity index (χ0v) is 16.0. The van der Waals surface area contributed by atoms with Gasteiger partial charge in [-0.25, -0.2) is 8.42 Å². The summed E-state index contributed by atoms with van der Waals surface area (Å²) in [4.78, 5) is 16.4. The van der Waals surface area contributed by atoms with E-state index < -0.39 is 10.0 Å². The predicted molar refractivity (Wildman–Crippen MR) is 98.5 cm³/mol. The molecule has 0 unspecified atom stereocenters. The molecule has 1 aromatic carbocycles. The summed E-state index contributed by atoms with van der Waals surface area (Å²) in [5, 5.41) is 0. The number of piperazine rings is 1. The molecule has 1 fully saturated rings. The normalized spacial score (nSPS) is 15.9. The van der Waals surface area contributed by atoms with Crippen LogP contribution < -0.4 is 9.04 Å². The quantitative estimate of drug-likeness (QED) is 0.718. The van der Waals surface area contributed by atoms with Crippen LogP contribution in [-0.2, 0) is 14.8 Å². The van der Waals surface area contributed by atoms with Crippen LogP contribution >= 0.6 is 0 Å². The van der Waals surface area contributed by atoms with Crippen LogP contribution in [0.2, 0.25) is 0 Å². The Morgan fingerprint density at radius 3 is 2.44 bits per heavy atom. The van der Waals surface area contributed by atoms with Gasteiger partial charge in [-0.3, -0.25) is 9.10 Å². The van der Waals surface area contributed by atoms with Gasteiger partial charge in [0.15, 0.2) is 0 Å². The fraction of sp³-hybridized carbons (Fsp3) is 0.588. The van der Waals surface area contributed by atoms with Gasteiger partial charge >= 0.3 is 0 Å². The molecular weight excluding hydrogens is 342 g/mol. The number of sulfonamides is 1. The number of hydrogen-bond donors (Lipinski definition) is 0. The van der Waals surface area contributed by atoms with Crippen LogP contribution in [0.5, 0.6) is 5.75 Å². The van der Waals surface area contributed by atoms with Gasteiger partial charge in [-0.15, -0.1) is 0 Å². The van der Waals surface area contributed by atoms with Crippen LogP contribution in [0.4, 0.5) is 5.69 Å². The Bertz CT molecular complexity index is 685. The first-order chi connectivity index (χ1) is 11.8. The van der Waals surface area contributed by atoms with E-state index in [0.717, 1.165) is 19.3 Å². The van der Waals surface area contributed by atoms with Crippen LogP contribution in [0, 0.1) is 0 Å². The lowest BCUT2D eigenvalue weighted by Crippen LogP contribution is -2.48. The van der Waals surface area contributed by atoms with Crippen LogP contribution in [-0.4, -0.2) is 76.8 Å². The van der Waals surface area contributed by atoms with E-state index in [-0.39, 0.29) is 18.9 Å². The zero-order valence-electron chi connectivity index (χ0n) is 15.1. The minimum absolute atomic E-state index is 0.0179. The maximum atomic E-state index is 12.4. The molecule has 1 heterocycles. The third-order valence-electron chi connectivity index (χ3n) is 4.22. The van der Waals surface area contributed by atoms with Crippen LogP contribution in [0.3, 0.4) is 0 Å². The van der Waals surface area contributed by atoms with Crippen molar-refractivity contribution in [1.29, 1.82) is 0 Å². The Balaban J connectivity index is 2.11. The number of carbonyl (C=O) groups is 1. The smallest absolute Gasteiger partial charge is 0.232 e. The van der Waals surface area contributed by atoms with Crippen molar-refractivity contribution in [3.63, 3.8) is 0 Å². The van der Waals surface area contributed by atoms with E-state index in [9.17, 15) is 13.2 Å². The highest BCUT2D eigenvalue weighted by Crippen LogP contribution is 2.30. The highest BCUT2D eigenvalue weighted by atomic mass is 32.2. The second-order valence-electron chi connectivity index (χ2n) is 6.17. The maximum absolute atomic E-state index is 12.4. The molecule has 0 aromatic heterocycles. The molecule has 0 radical (unpaired) electrons. The first-order valence-electron chi connectivity index (χ1n) is 8.48. The van der Waals surface area contributed by atoms with Crippen molar-refractivity contribution in [3.05, 3.63) is 24.3 Å². The van der Waals surface area contributed by atoms with E-state index in [4.69, 9.17) is 4.74 Å². The van der Waals surface area contributed by atoms with Gasteiger partial charge in [0.1, 0.15) is 5.75 Å². The van der Waals surface area contributed by atoms with Gasteiger partial charge in [0, 0.05) is 39.1 Å². The van der Waals surface area contributed by atoms with Crippen LogP contribution in [0.15, 0.2) is 24.3 Å². The molecule has 2 rings (SSSR count). The fourth-order valence-corrected chi connectivity index (χ4v) is 3.75. The molecule has 1 amide bonds. The summed E-state index contributed by atoms with van der Waals surface area (Å²) in [6.07, 6.45) is 1.30. The molecule has 0 bridgehead atoms. The van der Waals surface area contributed by atoms with Crippen molar-refractivity contribution >= 4 is 21.6 Å². The Labute approximate surface area is 150 Å². The molecule has 8 heteroatoms. The second-order valence-corrected chi connectivity index (χ2v) is 8.08. The minimum Gasteiger partial charge on any atom is -0.492 e. The lowest BCUT2D eigenvalue weighted by Gasteiger charge is -2.33. The van der Waals surface area contributed by atoms with E-state index in [1.807, 2.05) is 14.0 Å². The number of likely N-dealkylation sites (N-methyl/N-ethyl adjacent to an activating group) is 1. The fourth-order valence-electron chi connectivity index (χ4n) is 2.82. The number of ether oxygens (including phenoxy) is 1. The second kappa shape index (κ2) is 8.53. The molecule has 1 aromatic rings. The van der Waals surface area contributed by atoms with E-state index in [2.05, 4.69) is 4.90 Å². The predicted octanol–water partition coefficient (Wildman–Crippen LogP) is 1.02. The number of rotatable bonds is 7. The van der Waals surface area contributed by atoms with E-state index in [1.165, 1.54) is 4.31 Å². The minimum atomic E-state index is -3.52. The molecule has 7 nitrogen and oxygen atoms in total.